The van der Waals surface area contributed by atoms with Crippen molar-refractivity contribution in [3.05, 3.63) is 0 Å². The summed E-state index contributed by atoms with van der Waals surface area (Å²) in [6.07, 6.45) is 3.77. The maximum Gasteiger partial charge on any atom is 0.243 e. The number of carbonyl (C=O) groups is 1. The number of nitriles is 1. The van der Waals surface area contributed by atoms with E-state index in [0.29, 0.717) is 0 Å². The highest BCUT2D eigenvalue weighted by Gasteiger charge is 2.53. The van der Waals surface area contributed by atoms with Gasteiger partial charge in [0.15, 0.2) is 0 Å². The van der Waals surface area contributed by atoms with Gasteiger partial charge in [0.25, 0.3) is 0 Å². The van der Waals surface area contributed by atoms with Gasteiger partial charge in [0.1, 0.15) is 5.41 Å². The van der Waals surface area contributed by atoms with Gasteiger partial charge in [-0.1, -0.05) is 13.8 Å². The quantitative estimate of drug-likeness (QED) is 0.658. The fourth-order valence-electron chi connectivity index (χ4n) is 2.40. The molecule has 0 radical (unpaired) electrons. The molecule has 0 N–H and O–H groups in total. The minimum Gasteiger partial charge on any atom is -0.341 e. The zero-order valence-electron chi connectivity index (χ0n) is 9.55. The number of piperidine rings is 1. The molecule has 1 amide bonds. The van der Waals surface area contributed by atoms with Crippen LogP contribution >= 0.6 is 0 Å². The molecule has 1 aliphatic heterocycles. The third kappa shape index (κ3) is 1.86. The lowest BCUT2D eigenvalue weighted by Gasteiger charge is -2.38. The highest BCUT2D eigenvalue weighted by Crippen LogP contribution is 2.47. The summed E-state index contributed by atoms with van der Waals surface area (Å²) in [4.78, 5) is 14.0. The summed E-state index contributed by atoms with van der Waals surface area (Å²) in [6.45, 7) is 6.04. The zero-order chi connectivity index (χ0) is 11.1. The van der Waals surface area contributed by atoms with Crippen molar-refractivity contribution in [3.8, 4) is 6.07 Å². The fraction of sp³-hybridized carbons (Fsp3) is 0.833. The first-order chi connectivity index (χ1) is 6.99. The van der Waals surface area contributed by atoms with Crippen molar-refractivity contribution in [2.24, 2.45) is 10.8 Å². The summed E-state index contributed by atoms with van der Waals surface area (Å²) in [5.41, 5.74) is -0.410. The molecule has 0 bridgehead atoms. The molecule has 0 aromatic carbocycles. The van der Waals surface area contributed by atoms with E-state index < -0.39 is 5.41 Å². The second kappa shape index (κ2) is 3.23. The normalized spacial score (nSPS) is 26.9. The molecule has 0 spiro atoms. The summed E-state index contributed by atoms with van der Waals surface area (Å²) in [6, 6.07) is 2.19. The van der Waals surface area contributed by atoms with Crippen molar-refractivity contribution in [2.45, 2.75) is 39.5 Å². The van der Waals surface area contributed by atoms with Crippen LogP contribution in [0.3, 0.4) is 0 Å². The molecule has 1 saturated heterocycles. The van der Waals surface area contributed by atoms with Crippen molar-refractivity contribution in [1.82, 2.24) is 4.90 Å². The zero-order valence-corrected chi connectivity index (χ0v) is 9.55. The van der Waals surface area contributed by atoms with Gasteiger partial charge in [-0.05, 0) is 31.1 Å². The smallest absolute Gasteiger partial charge is 0.243 e. The Kier molecular flexibility index (Phi) is 2.26. The summed E-state index contributed by atoms with van der Waals surface area (Å²) in [5, 5.41) is 8.99. The van der Waals surface area contributed by atoms with Gasteiger partial charge in [-0.15, -0.1) is 0 Å². The SMILES string of the molecule is CC1(C)CCCN(C(=O)C2(C#N)CC2)C1. The van der Waals surface area contributed by atoms with Crippen LogP contribution in [0.5, 0.6) is 0 Å². The molecule has 1 aliphatic carbocycles. The Morgan fingerprint density at radius 3 is 2.47 bits per heavy atom. The van der Waals surface area contributed by atoms with Crippen molar-refractivity contribution < 1.29 is 4.79 Å². The van der Waals surface area contributed by atoms with E-state index in [2.05, 4.69) is 19.9 Å². The molecule has 1 heterocycles. The van der Waals surface area contributed by atoms with Crippen molar-refractivity contribution >= 4 is 5.91 Å². The predicted molar refractivity (Wildman–Crippen MR) is 56.9 cm³/mol. The van der Waals surface area contributed by atoms with E-state index in [4.69, 9.17) is 5.26 Å². The van der Waals surface area contributed by atoms with Crippen LogP contribution in [0.15, 0.2) is 0 Å². The van der Waals surface area contributed by atoms with Crippen LogP contribution in [0.4, 0.5) is 0 Å². The van der Waals surface area contributed by atoms with Crippen LogP contribution in [0, 0.1) is 22.2 Å². The van der Waals surface area contributed by atoms with Crippen LogP contribution in [-0.4, -0.2) is 23.9 Å². The van der Waals surface area contributed by atoms with E-state index in [1.165, 1.54) is 6.42 Å². The molecule has 0 atom stereocenters. The van der Waals surface area contributed by atoms with Gasteiger partial charge in [0, 0.05) is 13.1 Å². The van der Waals surface area contributed by atoms with Gasteiger partial charge < -0.3 is 4.90 Å². The summed E-state index contributed by atoms with van der Waals surface area (Å²) >= 11 is 0. The van der Waals surface area contributed by atoms with Crippen molar-refractivity contribution in [3.63, 3.8) is 0 Å². The molecular formula is C12H18N2O. The Morgan fingerprint density at radius 1 is 1.33 bits per heavy atom. The summed E-state index contributed by atoms with van der Waals surface area (Å²) in [5.74, 6) is 0.0813. The Balaban J connectivity index is 2.06. The minimum atomic E-state index is -0.632. The lowest BCUT2D eigenvalue weighted by atomic mass is 9.83. The average molecular weight is 206 g/mol. The molecule has 0 aromatic heterocycles. The Hall–Kier alpha value is -1.04. The Labute approximate surface area is 91.1 Å². The first-order valence-corrected chi connectivity index (χ1v) is 5.70. The number of likely N-dealkylation sites (tertiary alicyclic amines) is 1. The molecule has 2 aliphatic rings. The predicted octanol–water partition coefficient (Wildman–Crippen LogP) is 1.94. The topological polar surface area (TPSA) is 44.1 Å². The third-order valence-electron chi connectivity index (χ3n) is 3.56. The number of amides is 1. The minimum absolute atomic E-state index is 0.0813. The molecule has 0 unspecified atom stereocenters. The monoisotopic (exact) mass is 206 g/mol. The van der Waals surface area contributed by atoms with Crippen LogP contribution < -0.4 is 0 Å². The van der Waals surface area contributed by atoms with E-state index in [9.17, 15) is 4.79 Å². The standard InChI is InChI=1S/C12H18N2O/c1-11(2)4-3-7-14(9-11)10(15)12(8-13)5-6-12/h3-7,9H2,1-2H3. The molecule has 2 fully saturated rings. The van der Waals surface area contributed by atoms with E-state index >= 15 is 0 Å². The van der Waals surface area contributed by atoms with E-state index in [1.54, 1.807) is 0 Å². The first-order valence-electron chi connectivity index (χ1n) is 5.70. The molecule has 3 nitrogen and oxygen atoms in total. The summed E-state index contributed by atoms with van der Waals surface area (Å²) < 4.78 is 0. The first kappa shape index (κ1) is 10.5. The number of hydrogen-bond donors (Lipinski definition) is 0. The van der Waals surface area contributed by atoms with Crippen LogP contribution in [-0.2, 0) is 4.79 Å². The van der Waals surface area contributed by atoms with Crippen molar-refractivity contribution in [2.75, 3.05) is 13.1 Å². The molecule has 3 heteroatoms. The molecule has 82 valence electrons. The van der Waals surface area contributed by atoms with E-state index in [1.807, 2.05) is 4.90 Å². The maximum absolute atomic E-state index is 12.1. The van der Waals surface area contributed by atoms with Crippen molar-refractivity contribution in [1.29, 1.82) is 5.26 Å². The number of carbonyl (C=O) groups excluding carboxylic acids is 1. The van der Waals surface area contributed by atoms with Gasteiger partial charge in [0.2, 0.25) is 5.91 Å². The average Bonchev–Trinajstić information content (AvgIpc) is 2.96. The Morgan fingerprint density at radius 2 is 2.00 bits per heavy atom. The van der Waals surface area contributed by atoms with Gasteiger partial charge in [0.05, 0.1) is 6.07 Å². The lowest BCUT2D eigenvalue weighted by molar-refractivity contribution is -0.138. The third-order valence-corrected chi connectivity index (χ3v) is 3.56. The van der Waals surface area contributed by atoms with Crippen LogP contribution in [0.2, 0.25) is 0 Å². The molecule has 15 heavy (non-hydrogen) atoms. The molecule has 2 rings (SSSR count). The molecule has 0 aromatic rings. The second-order valence-corrected chi connectivity index (χ2v) is 5.69. The number of nitrogens with zero attached hydrogens (tertiary/aromatic N) is 2. The van der Waals surface area contributed by atoms with E-state index in [0.717, 1.165) is 32.4 Å². The van der Waals surface area contributed by atoms with Gasteiger partial charge >= 0.3 is 0 Å². The molecular weight excluding hydrogens is 188 g/mol. The lowest BCUT2D eigenvalue weighted by Crippen LogP contribution is -2.46. The highest BCUT2D eigenvalue weighted by molar-refractivity contribution is 5.88. The van der Waals surface area contributed by atoms with Gasteiger partial charge in [-0.2, -0.15) is 5.26 Å². The number of hydrogen-bond acceptors (Lipinski definition) is 2. The fourth-order valence-corrected chi connectivity index (χ4v) is 2.40. The highest BCUT2D eigenvalue weighted by atomic mass is 16.2. The summed E-state index contributed by atoms with van der Waals surface area (Å²) in [7, 11) is 0. The number of rotatable bonds is 1. The largest absolute Gasteiger partial charge is 0.341 e. The molecule has 1 saturated carbocycles. The van der Waals surface area contributed by atoms with E-state index in [-0.39, 0.29) is 11.3 Å². The van der Waals surface area contributed by atoms with Crippen LogP contribution in [0.1, 0.15) is 39.5 Å². The Bertz CT molecular complexity index is 323. The van der Waals surface area contributed by atoms with Gasteiger partial charge in [-0.3, -0.25) is 4.79 Å². The van der Waals surface area contributed by atoms with Crippen LogP contribution in [0.25, 0.3) is 0 Å². The van der Waals surface area contributed by atoms with Gasteiger partial charge in [-0.25, -0.2) is 0 Å². The maximum atomic E-state index is 12.1. The second-order valence-electron chi connectivity index (χ2n) is 5.69.